The summed E-state index contributed by atoms with van der Waals surface area (Å²) >= 11 is 0. The summed E-state index contributed by atoms with van der Waals surface area (Å²) in [5, 5.41) is 7.14. The third-order valence-corrected chi connectivity index (χ3v) is 5.24. The van der Waals surface area contributed by atoms with Crippen molar-refractivity contribution in [3.05, 3.63) is 107 Å². The van der Waals surface area contributed by atoms with Gasteiger partial charge in [0, 0.05) is 23.9 Å². The molecule has 3 heterocycles. The van der Waals surface area contributed by atoms with Gasteiger partial charge in [0.25, 0.3) is 17.7 Å². The number of amides is 3. The largest absolute Gasteiger partial charge is 0.467 e. The second-order valence-corrected chi connectivity index (χ2v) is 7.35. The van der Waals surface area contributed by atoms with E-state index >= 15 is 0 Å². The molecule has 1 N–H and O–H groups in total. The smallest absolute Gasteiger partial charge is 0.261 e. The second kappa shape index (κ2) is 7.99. The molecular weight excluding hydrogens is 408 g/mol. The lowest BCUT2D eigenvalue weighted by molar-refractivity contribution is 0.0631. The fourth-order valence-electron chi connectivity index (χ4n) is 3.59. The first kappa shape index (κ1) is 19.5. The van der Waals surface area contributed by atoms with Crippen molar-refractivity contribution in [1.29, 1.82) is 0 Å². The van der Waals surface area contributed by atoms with Crippen LogP contribution in [-0.2, 0) is 13.1 Å². The van der Waals surface area contributed by atoms with Crippen LogP contribution in [0.4, 0.5) is 0 Å². The van der Waals surface area contributed by atoms with Gasteiger partial charge < -0.3 is 9.73 Å². The van der Waals surface area contributed by atoms with Gasteiger partial charge in [0.05, 0.1) is 35.8 Å². The molecule has 2 aromatic carbocycles. The van der Waals surface area contributed by atoms with Gasteiger partial charge in [-0.15, -0.1) is 0 Å². The van der Waals surface area contributed by atoms with Crippen LogP contribution < -0.4 is 5.32 Å². The molecule has 0 spiro atoms. The van der Waals surface area contributed by atoms with Crippen LogP contribution in [0.15, 0.2) is 83.7 Å². The van der Waals surface area contributed by atoms with Crippen LogP contribution in [0.5, 0.6) is 0 Å². The summed E-state index contributed by atoms with van der Waals surface area (Å²) in [7, 11) is 0. The molecule has 0 fully saturated rings. The Labute approximate surface area is 183 Å². The number of aromatic nitrogens is 2. The highest BCUT2D eigenvalue weighted by atomic mass is 16.3. The van der Waals surface area contributed by atoms with Gasteiger partial charge in [0.1, 0.15) is 5.76 Å². The van der Waals surface area contributed by atoms with E-state index in [2.05, 4.69) is 10.4 Å². The van der Waals surface area contributed by atoms with E-state index in [9.17, 15) is 14.4 Å². The molecular formula is C24H18N4O4. The number of nitrogens with zero attached hydrogens (tertiary/aromatic N) is 3. The normalized spacial score (nSPS) is 12.8. The van der Waals surface area contributed by atoms with Crippen LogP contribution in [0.2, 0.25) is 0 Å². The van der Waals surface area contributed by atoms with E-state index in [0.29, 0.717) is 11.3 Å². The third-order valence-electron chi connectivity index (χ3n) is 5.24. The monoisotopic (exact) mass is 426 g/mol. The molecule has 0 unspecified atom stereocenters. The number of para-hydroxylation sites is 1. The van der Waals surface area contributed by atoms with Crippen molar-refractivity contribution in [3.8, 4) is 5.69 Å². The molecule has 0 bridgehead atoms. The average molecular weight is 426 g/mol. The minimum atomic E-state index is -0.444. The minimum absolute atomic E-state index is 0.0479. The summed E-state index contributed by atoms with van der Waals surface area (Å²) in [4.78, 5) is 39.1. The van der Waals surface area contributed by atoms with Gasteiger partial charge in [-0.3, -0.25) is 19.3 Å². The lowest BCUT2D eigenvalue weighted by atomic mass is 10.1. The number of benzene rings is 2. The predicted molar refractivity (Wildman–Crippen MR) is 114 cm³/mol. The fraction of sp³-hybridized carbons (Fsp3) is 0.0833. The van der Waals surface area contributed by atoms with Crippen molar-refractivity contribution in [2.75, 3.05) is 0 Å². The van der Waals surface area contributed by atoms with E-state index in [1.807, 2.05) is 36.5 Å². The van der Waals surface area contributed by atoms with E-state index in [4.69, 9.17) is 4.42 Å². The van der Waals surface area contributed by atoms with Crippen molar-refractivity contribution in [2.24, 2.45) is 0 Å². The van der Waals surface area contributed by atoms with Gasteiger partial charge in [0.2, 0.25) is 0 Å². The Hall–Kier alpha value is -4.46. The van der Waals surface area contributed by atoms with Gasteiger partial charge in [-0.2, -0.15) is 5.10 Å². The average Bonchev–Trinajstić information content (AvgIpc) is 3.56. The number of carbonyl (C=O) groups is 3. The maximum atomic E-state index is 12.7. The maximum Gasteiger partial charge on any atom is 0.261 e. The molecule has 2 aromatic heterocycles. The van der Waals surface area contributed by atoms with Crippen molar-refractivity contribution in [1.82, 2.24) is 20.0 Å². The first-order valence-corrected chi connectivity index (χ1v) is 10.00. The zero-order valence-corrected chi connectivity index (χ0v) is 16.9. The number of imide groups is 1. The van der Waals surface area contributed by atoms with Crippen LogP contribution in [0.25, 0.3) is 5.69 Å². The van der Waals surface area contributed by atoms with Crippen molar-refractivity contribution in [2.45, 2.75) is 13.1 Å². The Morgan fingerprint density at radius 1 is 0.969 bits per heavy atom. The third kappa shape index (κ3) is 3.58. The summed E-state index contributed by atoms with van der Waals surface area (Å²) in [6, 6.07) is 17.6. The Bertz CT molecular complexity index is 1310. The standard InChI is InChI=1S/C24H18N4O4/c29-22(25-12-16-13-26-28(14-16)18-5-2-1-3-6-18)17-8-9-20-21(11-17)24(31)27(23(20)30)15-19-7-4-10-32-19/h1-11,13-14H,12,15H2,(H,25,29). The molecule has 0 saturated heterocycles. The van der Waals surface area contributed by atoms with Crippen LogP contribution in [0.3, 0.4) is 0 Å². The first-order chi connectivity index (χ1) is 15.6. The molecule has 158 valence electrons. The van der Waals surface area contributed by atoms with Gasteiger partial charge in [-0.1, -0.05) is 18.2 Å². The Morgan fingerprint density at radius 2 is 1.78 bits per heavy atom. The van der Waals surface area contributed by atoms with E-state index < -0.39 is 11.8 Å². The maximum absolute atomic E-state index is 12.7. The molecule has 0 atom stereocenters. The Morgan fingerprint density at radius 3 is 2.56 bits per heavy atom. The zero-order valence-electron chi connectivity index (χ0n) is 16.9. The highest BCUT2D eigenvalue weighted by Gasteiger charge is 2.36. The summed E-state index contributed by atoms with van der Waals surface area (Å²) < 4.78 is 6.97. The van der Waals surface area contributed by atoms with E-state index in [1.54, 1.807) is 29.1 Å². The van der Waals surface area contributed by atoms with Gasteiger partial charge in [-0.25, -0.2) is 4.68 Å². The summed E-state index contributed by atoms with van der Waals surface area (Å²) in [6.07, 6.45) is 5.01. The number of carbonyl (C=O) groups excluding carboxylic acids is 3. The number of fused-ring (bicyclic) bond motifs is 1. The molecule has 5 rings (SSSR count). The number of furan rings is 1. The van der Waals surface area contributed by atoms with Crippen molar-refractivity contribution in [3.63, 3.8) is 0 Å². The van der Waals surface area contributed by atoms with Crippen LogP contribution in [-0.4, -0.2) is 32.4 Å². The van der Waals surface area contributed by atoms with Crippen LogP contribution >= 0.6 is 0 Å². The SMILES string of the molecule is O=C(NCc1cnn(-c2ccccc2)c1)c1ccc2c(c1)C(=O)N(Cc1ccco1)C2=O. The molecule has 4 aromatic rings. The molecule has 0 saturated carbocycles. The first-order valence-electron chi connectivity index (χ1n) is 10.00. The molecule has 3 amide bonds. The lowest BCUT2D eigenvalue weighted by Crippen LogP contribution is -2.28. The molecule has 0 aliphatic carbocycles. The van der Waals surface area contributed by atoms with Gasteiger partial charge in [0.15, 0.2) is 0 Å². The van der Waals surface area contributed by atoms with E-state index in [0.717, 1.165) is 16.2 Å². The Balaban J connectivity index is 1.27. The van der Waals surface area contributed by atoms with Gasteiger partial charge >= 0.3 is 0 Å². The number of nitrogens with one attached hydrogen (secondary N) is 1. The van der Waals surface area contributed by atoms with Crippen molar-refractivity contribution >= 4 is 17.7 Å². The van der Waals surface area contributed by atoms with E-state index in [1.165, 1.54) is 18.4 Å². The van der Waals surface area contributed by atoms with Crippen molar-refractivity contribution < 1.29 is 18.8 Å². The van der Waals surface area contributed by atoms with Gasteiger partial charge in [-0.05, 0) is 42.5 Å². The predicted octanol–water partition coefficient (Wildman–Crippen LogP) is 3.19. The fourth-order valence-corrected chi connectivity index (χ4v) is 3.59. The second-order valence-electron chi connectivity index (χ2n) is 7.35. The topological polar surface area (TPSA) is 97.4 Å². The zero-order chi connectivity index (χ0) is 22.1. The molecule has 8 nitrogen and oxygen atoms in total. The molecule has 0 radical (unpaired) electrons. The molecule has 32 heavy (non-hydrogen) atoms. The Kier molecular flexibility index (Phi) is 4.87. The summed E-state index contributed by atoms with van der Waals surface area (Å²) in [5.41, 5.74) is 2.55. The molecule has 8 heteroatoms. The number of rotatable bonds is 6. The number of hydrogen-bond donors (Lipinski definition) is 1. The summed E-state index contributed by atoms with van der Waals surface area (Å²) in [5.74, 6) is -0.680. The highest BCUT2D eigenvalue weighted by Crippen LogP contribution is 2.26. The quantitative estimate of drug-likeness (QED) is 0.478. The molecule has 1 aliphatic rings. The number of hydrogen-bond acceptors (Lipinski definition) is 5. The van der Waals surface area contributed by atoms with E-state index in [-0.39, 0.29) is 30.1 Å². The van der Waals surface area contributed by atoms with Crippen LogP contribution in [0.1, 0.15) is 42.4 Å². The lowest BCUT2D eigenvalue weighted by Gasteiger charge is -2.11. The minimum Gasteiger partial charge on any atom is -0.467 e. The van der Waals surface area contributed by atoms with Crippen LogP contribution in [0, 0.1) is 0 Å². The highest BCUT2D eigenvalue weighted by molar-refractivity contribution is 6.22. The molecule has 1 aliphatic heterocycles. The summed E-state index contributed by atoms with van der Waals surface area (Å²) in [6.45, 7) is 0.326.